The minimum atomic E-state index is -0.113. The number of imidazole rings is 1. The molecule has 29 heavy (non-hydrogen) atoms. The van der Waals surface area contributed by atoms with Gasteiger partial charge < -0.3 is 15.0 Å². The Morgan fingerprint density at radius 2 is 1.83 bits per heavy atom. The predicted octanol–water partition coefficient (Wildman–Crippen LogP) is 5.55. The third-order valence-corrected chi connectivity index (χ3v) is 5.71. The summed E-state index contributed by atoms with van der Waals surface area (Å²) in [6.45, 7) is 1.91. The van der Waals surface area contributed by atoms with Crippen molar-refractivity contribution in [3.63, 3.8) is 0 Å². The van der Waals surface area contributed by atoms with E-state index in [2.05, 4.69) is 36.2 Å². The average Bonchev–Trinajstić information content (AvgIpc) is 3.11. The minimum Gasteiger partial charge on any atom is -0.457 e. The topological polar surface area (TPSA) is 79.9 Å². The van der Waals surface area contributed by atoms with Crippen LogP contribution in [0.25, 0.3) is 11.2 Å². The van der Waals surface area contributed by atoms with Gasteiger partial charge in [-0.1, -0.05) is 30.0 Å². The van der Waals surface area contributed by atoms with Crippen molar-refractivity contribution in [1.29, 1.82) is 0 Å². The maximum Gasteiger partial charge on any atom is 0.234 e. The van der Waals surface area contributed by atoms with Gasteiger partial charge in [0.1, 0.15) is 11.5 Å². The molecule has 1 amide bonds. The number of hydrogen-bond acceptors (Lipinski definition) is 5. The summed E-state index contributed by atoms with van der Waals surface area (Å²) in [7, 11) is 0. The monoisotopic (exact) mass is 468 g/mol. The van der Waals surface area contributed by atoms with Gasteiger partial charge in [0.2, 0.25) is 5.91 Å². The van der Waals surface area contributed by atoms with Crippen LogP contribution in [0, 0.1) is 6.92 Å². The third-order valence-electron chi connectivity index (χ3n) is 4.04. The zero-order valence-electron chi connectivity index (χ0n) is 15.5. The van der Waals surface area contributed by atoms with Gasteiger partial charge in [-0.25, -0.2) is 9.97 Å². The van der Waals surface area contributed by atoms with Gasteiger partial charge in [0, 0.05) is 10.2 Å². The van der Waals surface area contributed by atoms with Crippen molar-refractivity contribution >= 4 is 50.5 Å². The van der Waals surface area contributed by atoms with Crippen LogP contribution in [0.3, 0.4) is 0 Å². The van der Waals surface area contributed by atoms with Crippen LogP contribution in [0.5, 0.6) is 11.5 Å². The number of hydrogen-bond donors (Lipinski definition) is 2. The highest BCUT2D eigenvalue weighted by atomic mass is 79.9. The zero-order valence-corrected chi connectivity index (χ0v) is 17.9. The molecule has 4 aromatic rings. The molecular weight excluding hydrogens is 452 g/mol. The number of aromatic amines is 1. The molecule has 2 aromatic carbocycles. The lowest BCUT2D eigenvalue weighted by atomic mass is 10.3. The van der Waals surface area contributed by atoms with Crippen molar-refractivity contribution in [2.24, 2.45) is 0 Å². The number of aryl methyl sites for hydroxylation is 1. The number of pyridine rings is 1. The summed E-state index contributed by atoms with van der Waals surface area (Å²) in [6, 6.07) is 18.7. The number of thioether (sulfide) groups is 1. The lowest BCUT2D eigenvalue weighted by Crippen LogP contribution is -2.13. The summed E-state index contributed by atoms with van der Waals surface area (Å²) < 4.78 is 6.67. The molecule has 146 valence electrons. The van der Waals surface area contributed by atoms with Crippen molar-refractivity contribution < 1.29 is 9.53 Å². The van der Waals surface area contributed by atoms with E-state index in [0.29, 0.717) is 22.2 Å². The van der Waals surface area contributed by atoms with Crippen molar-refractivity contribution in [2.75, 3.05) is 11.1 Å². The van der Waals surface area contributed by atoms with E-state index in [4.69, 9.17) is 4.74 Å². The first-order valence-corrected chi connectivity index (χ1v) is 10.6. The number of carbonyl (C=O) groups is 1. The van der Waals surface area contributed by atoms with Crippen LogP contribution >= 0.6 is 27.7 Å². The zero-order chi connectivity index (χ0) is 20.2. The van der Waals surface area contributed by atoms with Crippen LogP contribution in [0.1, 0.15) is 5.69 Å². The summed E-state index contributed by atoms with van der Waals surface area (Å²) in [5, 5.41) is 3.53. The molecule has 6 nitrogen and oxygen atoms in total. The number of halogens is 1. The summed E-state index contributed by atoms with van der Waals surface area (Å²) in [5.41, 5.74) is 3.06. The molecule has 2 N–H and O–H groups in total. The van der Waals surface area contributed by atoms with Gasteiger partial charge in [-0.3, -0.25) is 4.79 Å². The fourth-order valence-electron chi connectivity index (χ4n) is 2.62. The van der Waals surface area contributed by atoms with Gasteiger partial charge >= 0.3 is 0 Å². The smallest absolute Gasteiger partial charge is 0.234 e. The number of H-pyrrole nitrogens is 1. The number of amides is 1. The average molecular weight is 469 g/mol. The SMILES string of the molecule is Cc1nc2nc(SCC(=O)Nc3ccc(Oc4ccccc4)cc3)[nH]c2cc1Br. The van der Waals surface area contributed by atoms with Crippen molar-refractivity contribution in [1.82, 2.24) is 15.0 Å². The molecule has 0 fully saturated rings. The summed E-state index contributed by atoms with van der Waals surface area (Å²) >= 11 is 4.79. The summed E-state index contributed by atoms with van der Waals surface area (Å²) in [6.07, 6.45) is 0. The number of nitrogens with zero attached hydrogens (tertiary/aromatic N) is 2. The molecule has 0 saturated carbocycles. The van der Waals surface area contributed by atoms with Gasteiger partial charge in [0.05, 0.1) is 17.0 Å². The first-order valence-electron chi connectivity index (χ1n) is 8.85. The fraction of sp³-hybridized carbons (Fsp3) is 0.0952. The quantitative estimate of drug-likeness (QED) is 0.362. The molecule has 0 spiro atoms. The molecule has 0 atom stereocenters. The second-order valence-corrected chi connectivity index (χ2v) is 8.06. The molecule has 0 aliphatic rings. The van der Waals surface area contributed by atoms with Gasteiger partial charge in [0.25, 0.3) is 0 Å². The van der Waals surface area contributed by atoms with Crippen LogP contribution in [-0.2, 0) is 4.79 Å². The highest BCUT2D eigenvalue weighted by molar-refractivity contribution is 9.10. The molecule has 0 aliphatic heterocycles. The van der Waals surface area contributed by atoms with E-state index in [1.165, 1.54) is 11.8 Å². The number of anilines is 1. The molecule has 0 unspecified atom stereocenters. The maximum absolute atomic E-state index is 12.3. The Balaban J connectivity index is 1.32. The van der Waals surface area contributed by atoms with E-state index in [9.17, 15) is 4.79 Å². The molecule has 0 aliphatic carbocycles. The Labute approximate surface area is 180 Å². The number of carbonyl (C=O) groups excluding carboxylic acids is 1. The molecule has 0 saturated heterocycles. The molecule has 8 heteroatoms. The molecule has 0 radical (unpaired) electrons. The standard InChI is InChI=1S/C21H17BrN4O2S/c1-13-17(22)11-18-20(23-13)26-21(25-18)29-12-19(27)24-14-7-9-16(10-8-14)28-15-5-3-2-4-6-15/h2-11H,12H2,1H3,(H,24,27)(H,23,25,26). The first-order chi connectivity index (χ1) is 14.1. The molecule has 2 aromatic heterocycles. The van der Waals surface area contributed by atoms with E-state index >= 15 is 0 Å². The van der Waals surface area contributed by atoms with Gasteiger partial charge in [0.15, 0.2) is 10.8 Å². The van der Waals surface area contributed by atoms with Crippen LogP contribution in [-0.4, -0.2) is 26.6 Å². The Kier molecular flexibility index (Phi) is 5.82. The third kappa shape index (κ3) is 4.96. The number of nitrogens with one attached hydrogen (secondary N) is 2. The molecule has 0 bridgehead atoms. The number of aromatic nitrogens is 3. The van der Waals surface area contributed by atoms with Crippen LogP contribution < -0.4 is 10.1 Å². The number of rotatable bonds is 6. The Morgan fingerprint density at radius 1 is 1.10 bits per heavy atom. The maximum atomic E-state index is 12.3. The molecular formula is C21H17BrN4O2S. The van der Waals surface area contributed by atoms with E-state index in [-0.39, 0.29) is 11.7 Å². The summed E-state index contributed by atoms with van der Waals surface area (Å²) in [5.74, 6) is 1.60. The van der Waals surface area contributed by atoms with E-state index in [0.717, 1.165) is 21.4 Å². The van der Waals surface area contributed by atoms with Gasteiger partial charge in [-0.2, -0.15) is 0 Å². The first kappa shape index (κ1) is 19.5. The number of ether oxygens (including phenoxy) is 1. The number of benzene rings is 2. The van der Waals surface area contributed by atoms with E-state index in [1.54, 1.807) is 0 Å². The fourth-order valence-corrected chi connectivity index (χ4v) is 3.61. The Bertz CT molecular complexity index is 1110. The number of para-hydroxylation sites is 1. The number of fused-ring (bicyclic) bond motifs is 1. The van der Waals surface area contributed by atoms with E-state index in [1.807, 2.05) is 67.6 Å². The Hall–Kier alpha value is -2.84. The van der Waals surface area contributed by atoms with Crippen molar-refractivity contribution in [3.8, 4) is 11.5 Å². The van der Waals surface area contributed by atoms with Gasteiger partial charge in [-0.05, 0) is 65.3 Å². The second kappa shape index (κ2) is 8.67. The summed E-state index contributed by atoms with van der Waals surface area (Å²) in [4.78, 5) is 24.3. The van der Waals surface area contributed by atoms with Gasteiger partial charge in [-0.15, -0.1) is 0 Å². The second-order valence-electron chi connectivity index (χ2n) is 6.25. The van der Waals surface area contributed by atoms with Crippen molar-refractivity contribution in [2.45, 2.75) is 12.1 Å². The molecule has 4 rings (SSSR count). The lowest BCUT2D eigenvalue weighted by Gasteiger charge is -2.07. The van der Waals surface area contributed by atoms with Crippen LogP contribution in [0.2, 0.25) is 0 Å². The van der Waals surface area contributed by atoms with Crippen molar-refractivity contribution in [3.05, 3.63) is 70.8 Å². The lowest BCUT2D eigenvalue weighted by molar-refractivity contribution is -0.113. The highest BCUT2D eigenvalue weighted by Gasteiger charge is 2.10. The largest absolute Gasteiger partial charge is 0.457 e. The highest BCUT2D eigenvalue weighted by Crippen LogP contribution is 2.24. The molecule has 2 heterocycles. The minimum absolute atomic E-state index is 0.113. The van der Waals surface area contributed by atoms with Crippen LogP contribution in [0.15, 0.2) is 70.3 Å². The Morgan fingerprint density at radius 3 is 2.59 bits per heavy atom. The van der Waals surface area contributed by atoms with Crippen LogP contribution in [0.4, 0.5) is 5.69 Å². The van der Waals surface area contributed by atoms with E-state index < -0.39 is 0 Å². The predicted molar refractivity (Wildman–Crippen MR) is 119 cm³/mol. The normalized spacial score (nSPS) is 10.8.